The number of hydrogen-bond donors (Lipinski definition) is 0. The summed E-state index contributed by atoms with van der Waals surface area (Å²) in [4.78, 5) is 7.73. The van der Waals surface area contributed by atoms with Crippen molar-refractivity contribution in [2.45, 2.75) is 13.3 Å². The summed E-state index contributed by atoms with van der Waals surface area (Å²) < 4.78 is 10.0. The highest BCUT2D eigenvalue weighted by atomic mass is 16.5. The van der Waals surface area contributed by atoms with Crippen molar-refractivity contribution in [2.24, 2.45) is 0 Å². The van der Waals surface area contributed by atoms with Crippen LogP contribution in [0.15, 0.2) is 6.07 Å². The number of hydrogen-bond acceptors (Lipinski definition) is 4. The van der Waals surface area contributed by atoms with Crippen LogP contribution < -0.4 is 9.47 Å². The Balaban J connectivity index is 2.60. The molecule has 0 aromatic carbocycles. The third-order valence-electron chi connectivity index (χ3n) is 1.20. The Hall–Kier alpha value is -1.32. The molecular formula is C8H11N2O2. The van der Waals surface area contributed by atoms with Gasteiger partial charge in [-0.05, 0) is 6.42 Å². The van der Waals surface area contributed by atoms with Gasteiger partial charge in [0.2, 0.25) is 5.88 Å². The van der Waals surface area contributed by atoms with E-state index < -0.39 is 0 Å². The smallest absolute Gasteiger partial charge is 0.320 e. The van der Waals surface area contributed by atoms with E-state index in [1.54, 1.807) is 13.2 Å². The molecule has 4 nitrogen and oxygen atoms in total. The first-order valence-electron chi connectivity index (χ1n) is 3.78. The fourth-order valence-electron chi connectivity index (χ4n) is 0.657. The molecule has 0 spiro atoms. The fourth-order valence-corrected chi connectivity index (χ4v) is 0.657. The minimum atomic E-state index is 0.316. The molecule has 12 heavy (non-hydrogen) atoms. The zero-order valence-electron chi connectivity index (χ0n) is 7.20. The van der Waals surface area contributed by atoms with Crippen LogP contribution in [0.2, 0.25) is 0 Å². The molecule has 0 fully saturated rings. The van der Waals surface area contributed by atoms with Crippen LogP contribution in [0.25, 0.3) is 0 Å². The van der Waals surface area contributed by atoms with Crippen molar-refractivity contribution in [2.75, 3.05) is 13.7 Å². The Morgan fingerprint density at radius 1 is 1.58 bits per heavy atom. The largest absolute Gasteiger partial charge is 0.481 e. The average molecular weight is 167 g/mol. The lowest BCUT2D eigenvalue weighted by atomic mass is 10.5. The molecule has 1 radical (unpaired) electrons. The Morgan fingerprint density at radius 2 is 2.42 bits per heavy atom. The van der Waals surface area contributed by atoms with Gasteiger partial charge in [-0.1, -0.05) is 6.92 Å². The van der Waals surface area contributed by atoms with E-state index in [4.69, 9.17) is 9.47 Å². The predicted octanol–water partition coefficient (Wildman–Crippen LogP) is 1.07. The second kappa shape index (κ2) is 4.54. The van der Waals surface area contributed by atoms with E-state index in [-0.39, 0.29) is 0 Å². The van der Waals surface area contributed by atoms with Gasteiger partial charge < -0.3 is 9.47 Å². The van der Waals surface area contributed by atoms with E-state index in [9.17, 15) is 0 Å². The molecule has 0 N–H and O–H groups in total. The molecule has 0 saturated heterocycles. The van der Waals surface area contributed by atoms with E-state index in [2.05, 4.69) is 16.2 Å². The summed E-state index contributed by atoms with van der Waals surface area (Å²) in [6.45, 7) is 2.63. The van der Waals surface area contributed by atoms with Gasteiger partial charge in [0.1, 0.15) is 6.20 Å². The summed E-state index contributed by atoms with van der Waals surface area (Å²) >= 11 is 0. The van der Waals surface area contributed by atoms with Gasteiger partial charge in [0.25, 0.3) is 0 Å². The first-order chi connectivity index (χ1) is 5.86. The molecule has 0 unspecified atom stereocenters. The lowest BCUT2D eigenvalue weighted by Gasteiger charge is -2.02. The van der Waals surface area contributed by atoms with Crippen molar-refractivity contribution in [1.82, 2.24) is 9.97 Å². The lowest BCUT2D eigenvalue weighted by Crippen LogP contribution is -2.00. The topological polar surface area (TPSA) is 44.2 Å². The predicted molar refractivity (Wildman–Crippen MR) is 43.2 cm³/mol. The highest BCUT2D eigenvalue weighted by Crippen LogP contribution is 2.08. The Morgan fingerprint density at radius 3 is 3.08 bits per heavy atom. The van der Waals surface area contributed by atoms with E-state index in [0.29, 0.717) is 18.5 Å². The van der Waals surface area contributed by atoms with E-state index in [1.807, 2.05) is 6.92 Å². The fraction of sp³-hybridized carbons (Fsp3) is 0.500. The molecule has 1 rings (SSSR count). The molecular weight excluding hydrogens is 156 g/mol. The molecule has 0 aliphatic heterocycles. The molecule has 0 aliphatic carbocycles. The monoisotopic (exact) mass is 167 g/mol. The van der Waals surface area contributed by atoms with Gasteiger partial charge >= 0.3 is 6.01 Å². The summed E-state index contributed by atoms with van der Waals surface area (Å²) in [5, 5.41) is 0. The summed E-state index contributed by atoms with van der Waals surface area (Å²) in [5.41, 5.74) is 0. The first-order valence-corrected chi connectivity index (χ1v) is 3.78. The molecule has 0 bridgehead atoms. The third kappa shape index (κ3) is 2.38. The highest BCUT2D eigenvalue weighted by Gasteiger charge is 1.98. The van der Waals surface area contributed by atoms with Gasteiger partial charge in [0.15, 0.2) is 0 Å². The molecule has 0 saturated carbocycles. The molecule has 0 aliphatic rings. The molecule has 1 heterocycles. The van der Waals surface area contributed by atoms with Crippen LogP contribution in [-0.2, 0) is 0 Å². The maximum absolute atomic E-state index is 5.16. The number of rotatable bonds is 4. The van der Waals surface area contributed by atoms with E-state index in [1.165, 1.54) is 0 Å². The van der Waals surface area contributed by atoms with Crippen LogP contribution in [0.5, 0.6) is 11.9 Å². The zero-order chi connectivity index (χ0) is 8.81. The van der Waals surface area contributed by atoms with Gasteiger partial charge in [-0.25, -0.2) is 0 Å². The summed E-state index contributed by atoms with van der Waals surface area (Å²) in [6.07, 6.45) is 3.56. The minimum absolute atomic E-state index is 0.316. The molecule has 4 heteroatoms. The normalized spacial score (nSPS) is 9.50. The van der Waals surface area contributed by atoms with Gasteiger partial charge in [-0.15, -0.1) is 0 Å². The Bertz CT molecular complexity index is 240. The summed E-state index contributed by atoms with van der Waals surface area (Å²) in [5.74, 6) is 0.469. The zero-order valence-corrected chi connectivity index (χ0v) is 7.20. The number of nitrogens with zero attached hydrogens (tertiary/aromatic N) is 2. The number of methoxy groups -OCH3 is 1. The quantitative estimate of drug-likeness (QED) is 0.673. The SMILES string of the molecule is CCCOc1n[c]cc(OC)n1. The molecule has 1 aromatic heterocycles. The van der Waals surface area contributed by atoms with Crippen molar-refractivity contribution in [3.05, 3.63) is 12.3 Å². The molecule has 0 amide bonds. The Kier molecular flexibility index (Phi) is 3.32. The van der Waals surface area contributed by atoms with E-state index in [0.717, 1.165) is 6.42 Å². The van der Waals surface area contributed by atoms with Gasteiger partial charge in [-0.2, -0.15) is 9.97 Å². The molecule has 1 aromatic rings. The number of aromatic nitrogens is 2. The first kappa shape index (κ1) is 8.77. The van der Waals surface area contributed by atoms with Gasteiger partial charge in [0, 0.05) is 6.07 Å². The second-order valence-corrected chi connectivity index (χ2v) is 2.17. The van der Waals surface area contributed by atoms with Crippen LogP contribution >= 0.6 is 0 Å². The maximum Gasteiger partial charge on any atom is 0.320 e. The van der Waals surface area contributed by atoms with Crippen molar-refractivity contribution in [1.29, 1.82) is 0 Å². The van der Waals surface area contributed by atoms with E-state index >= 15 is 0 Å². The second-order valence-electron chi connectivity index (χ2n) is 2.17. The average Bonchev–Trinajstić information content (AvgIpc) is 2.15. The number of ether oxygens (including phenoxy) is 2. The highest BCUT2D eigenvalue weighted by molar-refractivity contribution is 5.09. The van der Waals surface area contributed by atoms with Gasteiger partial charge in [0.05, 0.1) is 13.7 Å². The minimum Gasteiger partial charge on any atom is -0.481 e. The van der Waals surface area contributed by atoms with Crippen LogP contribution in [0, 0.1) is 6.20 Å². The molecule has 0 atom stereocenters. The summed E-state index contributed by atoms with van der Waals surface area (Å²) in [6, 6.07) is 1.87. The van der Waals surface area contributed by atoms with Gasteiger partial charge in [-0.3, -0.25) is 0 Å². The standard InChI is InChI=1S/C8H11N2O2/c1-3-6-12-8-9-5-4-7(10-8)11-2/h4H,3,6H2,1-2H3. The van der Waals surface area contributed by atoms with Crippen molar-refractivity contribution >= 4 is 0 Å². The maximum atomic E-state index is 5.16. The third-order valence-corrected chi connectivity index (χ3v) is 1.20. The van der Waals surface area contributed by atoms with Crippen LogP contribution in [0.4, 0.5) is 0 Å². The molecule has 65 valence electrons. The van der Waals surface area contributed by atoms with Crippen LogP contribution in [0.3, 0.4) is 0 Å². The Labute approximate surface area is 71.6 Å². The van der Waals surface area contributed by atoms with Crippen LogP contribution in [0.1, 0.15) is 13.3 Å². The van der Waals surface area contributed by atoms with Crippen molar-refractivity contribution in [3.8, 4) is 11.9 Å². The van der Waals surface area contributed by atoms with Crippen molar-refractivity contribution in [3.63, 3.8) is 0 Å². The van der Waals surface area contributed by atoms with Crippen molar-refractivity contribution < 1.29 is 9.47 Å². The lowest BCUT2D eigenvalue weighted by molar-refractivity contribution is 0.284. The summed E-state index contributed by atoms with van der Waals surface area (Å²) in [7, 11) is 1.54. The van der Waals surface area contributed by atoms with Crippen LogP contribution in [-0.4, -0.2) is 23.7 Å².